The fraction of sp³-hybridized carbons (Fsp3) is 0.600. The molecule has 2 aliphatic rings. The van der Waals surface area contributed by atoms with E-state index in [-0.39, 0.29) is 0 Å². The van der Waals surface area contributed by atoms with Crippen LogP contribution in [0.1, 0.15) is 24.0 Å². The quantitative estimate of drug-likeness (QED) is 0.923. The van der Waals surface area contributed by atoms with Crippen molar-refractivity contribution in [3.05, 3.63) is 27.7 Å². The van der Waals surface area contributed by atoms with Gasteiger partial charge in [0, 0.05) is 23.0 Å². The van der Waals surface area contributed by atoms with Crippen LogP contribution in [-0.2, 0) is 17.8 Å². The van der Waals surface area contributed by atoms with Crippen molar-refractivity contribution in [1.29, 1.82) is 0 Å². The van der Waals surface area contributed by atoms with E-state index in [1.807, 2.05) is 0 Å². The van der Waals surface area contributed by atoms with Gasteiger partial charge in [0.05, 0.1) is 19.8 Å². The van der Waals surface area contributed by atoms with Crippen molar-refractivity contribution in [1.82, 2.24) is 5.32 Å². The number of rotatable bonds is 4. The first-order valence-corrected chi connectivity index (χ1v) is 7.85. The number of fused-ring (bicyclic) bond motifs is 1. The van der Waals surface area contributed by atoms with Crippen LogP contribution in [0.4, 0.5) is 0 Å². The predicted molar refractivity (Wildman–Crippen MR) is 78.6 cm³/mol. The minimum Gasteiger partial charge on any atom is -0.493 e. The Bertz CT molecular complexity index is 444. The van der Waals surface area contributed by atoms with Crippen molar-refractivity contribution in [2.45, 2.75) is 25.9 Å². The largest absolute Gasteiger partial charge is 0.493 e. The molecular weight excluding hydrogens is 306 g/mol. The molecule has 1 atom stereocenters. The highest BCUT2D eigenvalue weighted by Gasteiger charge is 2.18. The van der Waals surface area contributed by atoms with Gasteiger partial charge >= 0.3 is 0 Å². The van der Waals surface area contributed by atoms with Gasteiger partial charge in [-0.25, -0.2) is 0 Å². The summed E-state index contributed by atoms with van der Waals surface area (Å²) in [5, 5.41) is 3.42. The van der Waals surface area contributed by atoms with Crippen molar-refractivity contribution in [2.75, 3.05) is 26.3 Å². The molecule has 0 spiro atoms. The molecule has 1 unspecified atom stereocenters. The molecule has 2 heterocycles. The van der Waals surface area contributed by atoms with Crippen LogP contribution in [0.2, 0.25) is 0 Å². The van der Waals surface area contributed by atoms with Crippen LogP contribution >= 0.6 is 15.9 Å². The summed E-state index contributed by atoms with van der Waals surface area (Å²) in [5.74, 6) is 1.71. The van der Waals surface area contributed by atoms with Crippen LogP contribution in [0.25, 0.3) is 0 Å². The van der Waals surface area contributed by atoms with Gasteiger partial charge < -0.3 is 14.8 Å². The summed E-state index contributed by atoms with van der Waals surface area (Å²) in [6.45, 7) is 4.54. The molecule has 1 fully saturated rings. The summed E-state index contributed by atoms with van der Waals surface area (Å²) in [5.41, 5.74) is 2.47. The molecule has 0 aliphatic carbocycles. The van der Waals surface area contributed by atoms with Gasteiger partial charge in [-0.05, 0) is 43.0 Å². The van der Waals surface area contributed by atoms with Gasteiger partial charge in [0.1, 0.15) is 5.75 Å². The summed E-state index contributed by atoms with van der Waals surface area (Å²) in [7, 11) is 0. The number of nitrogens with one attached hydrogen (secondary N) is 1. The van der Waals surface area contributed by atoms with Crippen molar-refractivity contribution >= 4 is 15.9 Å². The fourth-order valence-electron chi connectivity index (χ4n) is 2.86. The maximum absolute atomic E-state index is 5.90. The van der Waals surface area contributed by atoms with E-state index in [0.717, 1.165) is 42.9 Å². The molecule has 0 saturated carbocycles. The predicted octanol–water partition coefficient (Wildman–Crippen LogP) is 2.90. The Kier molecular flexibility index (Phi) is 4.41. The van der Waals surface area contributed by atoms with Gasteiger partial charge in [0.25, 0.3) is 0 Å². The monoisotopic (exact) mass is 325 g/mol. The molecule has 1 aromatic carbocycles. The lowest BCUT2D eigenvalue weighted by Crippen LogP contribution is -2.32. The van der Waals surface area contributed by atoms with Gasteiger partial charge in [-0.3, -0.25) is 0 Å². The Hall–Kier alpha value is -0.580. The molecule has 0 bridgehead atoms. The van der Waals surface area contributed by atoms with Gasteiger partial charge in [0.15, 0.2) is 0 Å². The van der Waals surface area contributed by atoms with Crippen LogP contribution in [0.3, 0.4) is 0 Å². The van der Waals surface area contributed by atoms with Crippen molar-refractivity contribution < 1.29 is 9.47 Å². The Balaban J connectivity index is 1.57. The zero-order valence-electron chi connectivity index (χ0n) is 11.1. The minimum atomic E-state index is 0.651. The van der Waals surface area contributed by atoms with E-state index >= 15 is 0 Å². The SMILES string of the molecule is Brc1cc2c(c(COCC3CCCNC3)c1)OCC2. The highest BCUT2D eigenvalue weighted by Crippen LogP contribution is 2.33. The Morgan fingerprint density at radius 1 is 1.42 bits per heavy atom. The molecule has 3 nitrogen and oxygen atoms in total. The summed E-state index contributed by atoms with van der Waals surface area (Å²) < 4.78 is 12.7. The van der Waals surface area contributed by atoms with Gasteiger partial charge in [-0.1, -0.05) is 15.9 Å². The normalized spacial score (nSPS) is 22.1. The van der Waals surface area contributed by atoms with E-state index in [2.05, 4.69) is 33.4 Å². The zero-order chi connectivity index (χ0) is 13.1. The summed E-state index contributed by atoms with van der Waals surface area (Å²) in [4.78, 5) is 0. The zero-order valence-corrected chi connectivity index (χ0v) is 12.7. The summed E-state index contributed by atoms with van der Waals surface area (Å²) >= 11 is 3.56. The third-order valence-electron chi connectivity index (χ3n) is 3.84. The highest BCUT2D eigenvalue weighted by atomic mass is 79.9. The third kappa shape index (κ3) is 3.30. The Morgan fingerprint density at radius 2 is 2.37 bits per heavy atom. The topological polar surface area (TPSA) is 30.5 Å². The fourth-order valence-corrected chi connectivity index (χ4v) is 3.41. The first-order chi connectivity index (χ1) is 9.33. The molecule has 0 radical (unpaired) electrons. The van der Waals surface area contributed by atoms with Crippen LogP contribution in [0.15, 0.2) is 16.6 Å². The number of hydrogen-bond acceptors (Lipinski definition) is 3. The van der Waals surface area contributed by atoms with Crippen molar-refractivity contribution in [2.24, 2.45) is 5.92 Å². The second-order valence-electron chi connectivity index (χ2n) is 5.38. The van der Waals surface area contributed by atoms with E-state index in [0.29, 0.717) is 12.5 Å². The average molecular weight is 326 g/mol. The molecule has 3 rings (SSSR count). The van der Waals surface area contributed by atoms with Crippen LogP contribution in [0.5, 0.6) is 5.75 Å². The standard InChI is InChI=1S/C15H20BrNO2/c16-14-6-12-3-5-19-15(12)13(7-14)10-18-9-11-2-1-4-17-8-11/h6-7,11,17H,1-5,8-10H2. The van der Waals surface area contributed by atoms with E-state index in [9.17, 15) is 0 Å². The highest BCUT2D eigenvalue weighted by molar-refractivity contribution is 9.10. The van der Waals surface area contributed by atoms with Crippen LogP contribution in [-0.4, -0.2) is 26.3 Å². The maximum atomic E-state index is 5.90. The Morgan fingerprint density at radius 3 is 3.21 bits per heavy atom. The molecule has 19 heavy (non-hydrogen) atoms. The second kappa shape index (κ2) is 6.25. The van der Waals surface area contributed by atoms with E-state index in [4.69, 9.17) is 9.47 Å². The van der Waals surface area contributed by atoms with Gasteiger partial charge in [-0.15, -0.1) is 0 Å². The second-order valence-corrected chi connectivity index (χ2v) is 6.29. The van der Waals surface area contributed by atoms with E-state index in [1.165, 1.54) is 24.0 Å². The molecule has 2 aliphatic heterocycles. The first-order valence-electron chi connectivity index (χ1n) is 7.05. The number of piperidine rings is 1. The van der Waals surface area contributed by atoms with Gasteiger partial charge in [-0.2, -0.15) is 0 Å². The number of benzene rings is 1. The number of ether oxygens (including phenoxy) is 2. The lowest BCUT2D eigenvalue weighted by molar-refractivity contribution is 0.0770. The van der Waals surface area contributed by atoms with E-state index < -0.39 is 0 Å². The third-order valence-corrected chi connectivity index (χ3v) is 4.29. The maximum Gasteiger partial charge on any atom is 0.128 e. The average Bonchev–Trinajstić information content (AvgIpc) is 2.88. The van der Waals surface area contributed by atoms with Gasteiger partial charge in [0.2, 0.25) is 0 Å². The lowest BCUT2D eigenvalue weighted by Gasteiger charge is -2.22. The molecule has 1 saturated heterocycles. The number of halogens is 1. The smallest absolute Gasteiger partial charge is 0.128 e. The first kappa shape index (κ1) is 13.4. The van der Waals surface area contributed by atoms with Crippen molar-refractivity contribution in [3.63, 3.8) is 0 Å². The van der Waals surface area contributed by atoms with Crippen LogP contribution < -0.4 is 10.1 Å². The van der Waals surface area contributed by atoms with E-state index in [1.54, 1.807) is 0 Å². The molecular formula is C15H20BrNO2. The summed E-state index contributed by atoms with van der Waals surface area (Å²) in [6.07, 6.45) is 3.55. The Labute approximate surface area is 122 Å². The molecule has 1 N–H and O–H groups in total. The molecule has 0 aromatic heterocycles. The molecule has 104 valence electrons. The lowest BCUT2D eigenvalue weighted by atomic mass is 10.0. The van der Waals surface area contributed by atoms with Crippen molar-refractivity contribution in [3.8, 4) is 5.75 Å². The number of hydrogen-bond donors (Lipinski definition) is 1. The molecule has 4 heteroatoms. The molecule has 0 amide bonds. The van der Waals surface area contributed by atoms with Crippen LogP contribution in [0, 0.1) is 5.92 Å². The minimum absolute atomic E-state index is 0.651. The molecule has 1 aromatic rings. The summed E-state index contributed by atoms with van der Waals surface area (Å²) in [6, 6.07) is 4.26.